The molecule has 1 aromatic rings. The van der Waals surface area contributed by atoms with Crippen LogP contribution in [-0.2, 0) is 11.2 Å². The van der Waals surface area contributed by atoms with Gasteiger partial charge in [-0.25, -0.2) is 0 Å². The third kappa shape index (κ3) is 1.96. The Kier molecular flexibility index (Phi) is 3.15. The van der Waals surface area contributed by atoms with Gasteiger partial charge >= 0.3 is 0 Å². The van der Waals surface area contributed by atoms with Gasteiger partial charge in [-0.1, -0.05) is 6.92 Å². The van der Waals surface area contributed by atoms with Crippen LogP contribution in [0.3, 0.4) is 0 Å². The van der Waals surface area contributed by atoms with E-state index in [1.807, 2.05) is 6.92 Å². The van der Waals surface area contributed by atoms with Crippen molar-refractivity contribution in [2.24, 2.45) is 5.92 Å². The molecular weight excluding hydrogens is 264 g/mol. The second-order valence-corrected chi connectivity index (χ2v) is 5.28. The third-order valence-corrected chi connectivity index (χ3v) is 4.03. The van der Waals surface area contributed by atoms with Gasteiger partial charge in [0, 0.05) is 5.92 Å². The topological polar surface area (TPSA) is 133 Å². The van der Waals surface area contributed by atoms with Gasteiger partial charge in [-0.15, -0.1) is 0 Å². The van der Waals surface area contributed by atoms with Crippen molar-refractivity contribution in [3.8, 4) is 0 Å². The number of nitrogens with two attached hydrogens (primary N) is 1. The Balaban J connectivity index is 1.96. The number of hydrogen-bond donors (Lipinski definition) is 5. The molecule has 5 atom stereocenters. The minimum absolute atomic E-state index is 0.0307. The van der Waals surface area contributed by atoms with E-state index < -0.39 is 30.5 Å². The molecule has 6 N–H and O–H groups in total. The molecule has 0 aromatic carbocycles. The van der Waals surface area contributed by atoms with Crippen molar-refractivity contribution in [2.75, 3.05) is 11.1 Å². The highest BCUT2D eigenvalue weighted by molar-refractivity contribution is 5.49. The number of nitrogens with one attached hydrogen (secondary N) is 2. The van der Waals surface area contributed by atoms with Crippen LogP contribution in [0.2, 0.25) is 0 Å². The van der Waals surface area contributed by atoms with Crippen LogP contribution >= 0.6 is 0 Å². The second kappa shape index (κ2) is 4.72. The molecule has 20 heavy (non-hydrogen) atoms. The SMILES string of the molecule is CCC1OC2Nc3nc(N)[nH]c(=O)c3CC2C(O)C1O. The molecule has 8 nitrogen and oxygen atoms in total. The monoisotopic (exact) mass is 282 g/mol. The van der Waals surface area contributed by atoms with Crippen molar-refractivity contribution in [3.05, 3.63) is 15.9 Å². The standard InChI is InChI=1S/C12H18N4O4/c1-2-6-8(18)7(17)4-3-5-9(14-11(4)20-6)15-12(13)16-10(5)19/h4,6-8,11,17-18H,2-3H2,1H3,(H4,13,14,15,16,19). The van der Waals surface area contributed by atoms with E-state index in [0.717, 1.165) is 0 Å². The minimum atomic E-state index is -0.953. The summed E-state index contributed by atoms with van der Waals surface area (Å²) in [6.07, 6.45) is -1.97. The first-order chi connectivity index (χ1) is 9.51. The van der Waals surface area contributed by atoms with E-state index in [9.17, 15) is 15.0 Å². The summed E-state index contributed by atoms with van der Waals surface area (Å²) >= 11 is 0. The Hall–Kier alpha value is -1.64. The maximum Gasteiger partial charge on any atom is 0.257 e. The van der Waals surface area contributed by atoms with Crippen molar-refractivity contribution < 1.29 is 14.9 Å². The molecule has 1 aromatic heterocycles. The molecule has 3 rings (SSSR count). The molecule has 110 valence electrons. The number of aromatic nitrogens is 2. The highest BCUT2D eigenvalue weighted by Crippen LogP contribution is 2.34. The van der Waals surface area contributed by atoms with E-state index in [-0.39, 0.29) is 17.9 Å². The van der Waals surface area contributed by atoms with Gasteiger partial charge in [-0.05, 0) is 12.8 Å². The number of aromatic amines is 1. The van der Waals surface area contributed by atoms with Gasteiger partial charge in [0.25, 0.3) is 5.56 Å². The van der Waals surface area contributed by atoms with E-state index in [2.05, 4.69) is 15.3 Å². The lowest BCUT2D eigenvalue weighted by atomic mass is 9.83. The number of fused-ring (bicyclic) bond motifs is 2. The zero-order valence-corrected chi connectivity index (χ0v) is 11.0. The van der Waals surface area contributed by atoms with E-state index in [1.54, 1.807) is 0 Å². The van der Waals surface area contributed by atoms with Gasteiger partial charge in [-0.2, -0.15) is 4.98 Å². The molecule has 0 spiro atoms. The fraction of sp³-hybridized carbons (Fsp3) is 0.667. The third-order valence-electron chi connectivity index (χ3n) is 4.03. The summed E-state index contributed by atoms with van der Waals surface area (Å²) in [7, 11) is 0. The zero-order chi connectivity index (χ0) is 14.4. The molecule has 0 radical (unpaired) electrons. The van der Waals surface area contributed by atoms with Crippen molar-refractivity contribution in [2.45, 2.75) is 44.3 Å². The molecule has 5 unspecified atom stereocenters. The number of aliphatic hydroxyl groups excluding tert-OH is 2. The first-order valence-corrected chi connectivity index (χ1v) is 6.68. The largest absolute Gasteiger partial charge is 0.390 e. The fourth-order valence-electron chi connectivity index (χ4n) is 2.92. The van der Waals surface area contributed by atoms with Crippen LogP contribution in [0.1, 0.15) is 18.9 Å². The Labute approximate surface area is 115 Å². The smallest absolute Gasteiger partial charge is 0.257 e. The fourth-order valence-corrected chi connectivity index (χ4v) is 2.92. The summed E-state index contributed by atoms with van der Waals surface area (Å²) in [4.78, 5) is 18.3. The Morgan fingerprint density at radius 2 is 2.20 bits per heavy atom. The number of hydrogen-bond acceptors (Lipinski definition) is 7. The van der Waals surface area contributed by atoms with Crippen LogP contribution in [-0.4, -0.2) is 44.7 Å². The number of anilines is 2. The predicted molar refractivity (Wildman–Crippen MR) is 71.1 cm³/mol. The van der Waals surface area contributed by atoms with Crippen molar-refractivity contribution in [1.29, 1.82) is 0 Å². The molecule has 2 aliphatic rings. The number of rotatable bonds is 1. The number of ether oxygens (including phenoxy) is 1. The molecule has 3 heterocycles. The second-order valence-electron chi connectivity index (χ2n) is 5.28. The normalized spacial score (nSPS) is 35.9. The molecule has 8 heteroatoms. The average Bonchev–Trinajstić information content (AvgIpc) is 2.41. The van der Waals surface area contributed by atoms with Crippen molar-refractivity contribution >= 4 is 11.8 Å². The molecule has 1 saturated heterocycles. The Morgan fingerprint density at radius 3 is 2.90 bits per heavy atom. The lowest BCUT2D eigenvalue weighted by Crippen LogP contribution is -2.59. The first-order valence-electron chi connectivity index (χ1n) is 6.68. The predicted octanol–water partition coefficient (Wildman–Crippen LogP) is -1.21. The van der Waals surface area contributed by atoms with Crippen LogP contribution in [0.15, 0.2) is 4.79 Å². The highest BCUT2D eigenvalue weighted by Gasteiger charge is 2.46. The molecule has 0 aliphatic carbocycles. The number of H-pyrrole nitrogens is 1. The quantitative estimate of drug-likeness (QED) is 0.436. The molecule has 1 fully saturated rings. The van der Waals surface area contributed by atoms with Gasteiger partial charge < -0.3 is 26.0 Å². The van der Waals surface area contributed by atoms with Gasteiger partial charge in [0.15, 0.2) is 0 Å². The van der Waals surface area contributed by atoms with E-state index >= 15 is 0 Å². The molecule has 0 amide bonds. The van der Waals surface area contributed by atoms with Crippen molar-refractivity contribution in [1.82, 2.24) is 9.97 Å². The summed E-state index contributed by atoms with van der Waals surface area (Å²) in [5.41, 5.74) is 5.60. The zero-order valence-electron chi connectivity index (χ0n) is 11.0. The van der Waals surface area contributed by atoms with Crippen LogP contribution in [0.4, 0.5) is 11.8 Å². The van der Waals surface area contributed by atoms with Crippen LogP contribution in [0.5, 0.6) is 0 Å². The average molecular weight is 282 g/mol. The summed E-state index contributed by atoms with van der Waals surface area (Å²) < 4.78 is 5.74. The van der Waals surface area contributed by atoms with Crippen molar-refractivity contribution in [3.63, 3.8) is 0 Å². The number of aliphatic hydroxyl groups is 2. The van der Waals surface area contributed by atoms with E-state index in [1.165, 1.54) is 0 Å². The summed E-state index contributed by atoms with van der Waals surface area (Å²) in [6.45, 7) is 1.87. The lowest BCUT2D eigenvalue weighted by molar-refractivity contribution is -0.193. The highest BCUT2D eigenvalue weighted by atomic mass is 16.5. The van der Waals surface area contributed by atoms with Crippen LogP contribution in [0, 0.1) is 5.92 Å². The van der Waals surface area contributed by atoms with E-state index in [0.29, 0.717) is 17.8 Å². The maximum atomic E-state index is 11.9. The van der Waals surface area contributed by atoms with Crippen LogP contribution < -0.4 is 16.6 Å². The first kappa shape index (κ1) is 13.3. The summed E-state index contributed by atoms with van der Waals surface area (Å²) in [6, 6.07) is 0. The molecule has 2 aliphatic heterocycles. The van der Waals surface area contributed by atoms with Gasteiger partial charge in [0.2, 0.25) is 5.95 Å². The molecular formula is C12H18N4O4. The van der Waals surface area contributed by atoms with Crippen LogP contribution in [0.25, 0.3) is 0 Å². The minimum Gasteiger partial charge on any atom is -0.390 e. The van der Waals surface area contributed by atoms with Gasteiger partial charge in [0.05, 0.1) is 17.8 Å². The molecule has 0 saturated carbocycles. The summed E-state index contributed by atoms with van der Waals surface area (Å²) in [5, 5.41) is 23.2. The van der Waals surface area contributed by atoms with E-state index in [4.69, 9.17) is 10.5 Å². The van der Waals surface area contributed by atoms with Gasteiger partial charge in [-0.3, -0.25) is 9.78 Å². The number of nitrogens with zero attached hydrogens (tertiary/aromatic N) is 1. The Morgan fingerprint density at radius 1 is 1.45 bits per heavy atom. The lowest BCUT2D eigenvalue weighted by Gasteiger charge is -2.45. The Bertz CT molecular complexity index is 575. The number of nitrogen functional groups attached to an aromatic ring is 1. The van der Waals surface area contributed by atoms with Gasteiger partial charge in [0.1, 0.15) is 18.1 Å². The maximum absolute atomic E-state index is 11.9. The molecule has 0 bridgehead atoms. The summed E-state index contributed by atoms with van der Waals surface area (Å²) in [5.74, 6) is 0.0147.